The van der Waals surface area contributed by atoms with E-state index in [9.17, 15) is 0 Å². The molecule has 1 aliphatic carbocycles. The summed E-state index contributed by atoms with van der Waals surface area (Å²) >= 11 is 0. The quantitative estimate of drug-likeness (QED) is 0.432. The summed E-state index contributed by atoms with van der Waals surface area (Å²) < 4.78 is 5.70. The Labute approximate surface area is 145 Å². The standard InChI is InChI=1S/C16H25N3O.HI/c1-17-16(18-11-10-14-8-9-14)19(2)12-13-20-15-6-4-3-5-7-15;/h3-7,14H,8-13H2,1-2H3,(H,17,18);1H. The summed E-state index contributed by atoms with van der Waals surface area (Å²) in [6.07, 6.45) is 4.06. The zero-order chi connectivity index (χ0) is 14.2. The first-order valence-electron chi connectivity index (χ1n) is 7.39. The van der Waals surface area contributed by atoms with Gasteiger partial charge in [-0.3, -0.25) is 4.99 Å². The molecule has 118 valence electrons. The van der Waals surface area contributed by atoms with Gasteiger partial charge in [0, 0.05) is 20.6 Å². The van der Waals surface area contributed by atoms with Crippen LogP contribution in [0.2, 0.25) is 0 Å². The summed E-state index contributed by atoms with van der Waals surface area (Å²) in [5, 5.41) is 3.41. The summed E-state index contributed by atoms with van der Waals surface area (Å²) in [5.74, 6) is 2.81. The number of benzene rings is 1. The van der Waals surface area contributed by atoms with Gasteiger partial charge in [-0.1, -0.05) is 31.0 Å². The molecule has 0 heterocycles. The van der Waals surface area contributed by atoms with Crippen LogP contribution in [0.4, 0.5) is 0 Å². The first-order valence-corrected chi connectivity index (χ1v) is 7.39. The number of hydrogen-bond donors (Lipinski definition) is 1. The molecule has 1 aliphatic rings. The summed E-state index contributed by atoms with van der Waals surface area (Å²) in [6, 6.07) is 9.91. The SMILES string of the molecule is CN=C(NCCC1CC1)N(C)CCOc1ccccc1.I. The zero-order valence-corrected chi connectivity index (χ0v) is 15.2. The highest BCUT2D eigenvalue weighted by Crippen LogP contribution is 2.31. The minimum absolute atomic E-state index is 0. The van der Waals surface area contributed by atoms with Gasteiger partial charge in [0.15, 0.2) is 5.96 Å². The summed E-state index contributed by atoms with van der Waals surface area (Å²) in [7, 11) is 3.87. The molecule has 0 unspecified atom stereocenters. The fourth-order valence-electron chi connectivity index (χ4n) is 2.10. The summed E-state index contributed by atoms with van der Waals surface area (Å²) in [4.78, 5) is 6.41. The number of ether oxygens (including phenoxy) is 1. The highest BCUT2D eigenvalue weighted by atomic mass is 127. The number of aliphatic imine (C=N–C) groups is 1. The van der Waals surface area contributed by atoms with E-state index < -0.39 is 0 Å². The van der Waals surface area contributed by atoms with E-state index in [1.807, 2.05) is 44.4 Å². The first kappa shape index (κ1) is 18.1. The second-order valence-corrected chi connectivity index (χ2v) is 5.29. The number of nitrogens with zero attached hydrogens (tertiary/aromatic N) is 2. The molecule has 1 aromatic rings. The molecule has 1 saturated carbocycles. The molecule has 0 radical (unpaired) electrons. The third kappa shape index (κ3) is 7.02. The fourth-order valence-corrected chi connectivity index (χ4v) is 2.10. The normalized spacial score (nSPS) is 14.3. The molecule has 0 bridgehead atoms. The number of guanidine groups is 1. The van der Waals surface area contributed by atoms with Crippen molar-refractivity contribution in [2.45, 2.75) is 19.3 Å². The Balaban J connectivity index is 0.00000220. The molecule has 1 aromatic carbocycles. The van der Waals surface area contributed by atoms with Crippen LogP contribution < -0.4 is 10.1 Å². The van der Waals surface area contributed by atoms with Crippen LogP contribution >= 0.6 is 24.0 Å². The second-order valence-electron chi connectivity index (χ2n) is 5.29. The van der Waals surface area contributed by atoms with E-state index in [1.54, 1.807) is 0 Å². The molecule has 4 nitrogen and oxygen atoms in total. The van der Waals surface area contributed by atoms with Crippen LogP contribution in [0.15, 0.2) is 35.3 Å². The highest BCUT2D eigenvalue weighted by molar-refractivity contribution is 14.0. The number of rotatable bonds is 7. The Bertz CT molecular complexity index is 421. The number of likely N-dealkylation sites (N-methyl/N-ethyl adjacent to an activating group) is 1. The molecule has 0 atom stereocenters. The van der Waals surface area contributed by atoms with Gasteiger partial charge in [-0.05, 0) is 24.5 Å². The Kier molecular flexibility index (Phi) is 8.49. The Morgan fingerprint density at radius 2 is 2.05 bits per heavy atom. The molecule has 0 spiro atoms. The fraction of sp³-hybridized carbons (Fsp3) is 0.562. The average molecular weight is 403 g/mol. The minimum atomic E-state index is 0. The Morgan fingerprint density at radius 1 is 1.33 bits per heavy atom. The largest absolute Gasteiger partial charge is 0.492 e. The van der Waals surface area contributed by atoms with Crippen LogP contribution in [0.3, 0.4) is 0 Å². The first-order chi connectivity index (χ1) is 9.79. The van der Waals surface area contributed by atoms with Crippen molar-refractivity contribution < 1.29 is 4.74 Å². The van der Waals surface area contributed by atoms with Crippen LogP contribution in [0.1, 0.15) is 19.3 Å². The van der Waals surface area contributed by atoms with Gasteiger partial charge < -0.3 is 15.0 Å². The number of nitrogens with one attached hydrogen (secondary N) is 1. The highest BCUT2D eigenvalue weighted by Gasteiger charge is 2.20. The molecule has 1 N–H and O–H groups in total. The molecule has 5 heteroatoms. The maximum absolute atomic E-state index is 5.70. The van der Waals surface area contributed by atoms with Crippen LogP contribution in [0.5, 0.6) is 5.75 Å². The van der Waals surface area contributed by atoms with Crippen molar-refractivity contribution in [2.75, 3.05) is 33.8 Å². The Morgan fingerprint density at radius 3 is 2.67 bits per heavy atom. The Hall–Kier alpha value is -0.980. The summed E-state index contributed by atoms with van der Waals surface area (Å²) in [5.41, 5.74) is 0. The lowest BCUT2D eigenvalue weighted by molar-refractivity contribution is 0.281. The van der Waals surface area contributed by atoms with E-state index >= 15 is 0 Å². The molecule has 2 rings (SSSR count). The van der Waals surface area contributed by atoms with E-state index in [0.29, 0.717) is 6.61 Å². The zero-order valence-electron chi connectivity index (χ0n) is 12.9. The van der Waals surface area contributed by atoms with Gasteiger partial charge in [-0.2, -0.15) is 0 Å². The molecule has 0 saturated heterocycles. The number of hydrogen-bond acceptors (Lipinski definition) is 2. The molecule has 0 aliphatic heterocycles. The smallest absolute Gasteiger partial charge is 0.193 e. The van der Waals surface area contributed by atoms with E-state index in [2.05, 4.69) is 15.2 Å². The predicted molar refractivity (Wildman–Crippen MR) is 98.7 cm³/mol. The number of para-hydroxylation sites is 1. The molecule has 0 aromatic heterocycles. The van der Waals surface area contributed by atoms with Crippen LogP contribution in [0.25, 0.3) is 0 Å². The van der Waals surface area contributed by atoms with Crippen LogP contribution in [0, 0.1) is 5.92 Å². The van der Waals surface area contributed by atoms with Gasteiger partial charge in [0.2, 0.25) is 0 Å². The maximum atomic E-state index is 5.70. The predicted octanol–water partition coefficient (Wildman–Crippen LogP) is 2.99. The van der Waals surface area contributed by atoms with Crippen LogP contribution in [-0.4, -0.2) is 44.7 Å². The topological polar surface area (TPSA) is 36.9 Å². The van der Waals surface area contributed by atoms with Gasteiger partial charge in [0.25, 0.3) is 0 Å². The third-order valence-electron chi connectivity index (χ3n) is 3.54. The maximum Gasteiger partial charge on any atom is 0.193 e. The molecular weight excluding hydrogens is 377 g/mol. The van der Waals surface area contributed by atoms with E-state index in [0.717, 1.165) is 30.7 Å². The van der Waals surface area contributed by atoms with Crippen molar-refractivity contribution in [3.63, 3.8) is 0 Å². The molecule has 0 amide bonds. The van der Waals surface area contributed by atoms with Crippen molar-refractivity contribution in [1.29, 1.82) is 0 Å². The average Bonchev–Trinajstić information content (AvgIpc) is 3.29. The summed E-state index contributed by atoms with van der Waals surface area (Å²) in [6.45, 7) is 2.49. The lowest BCUT2D eigenvalue weighted by atomic mass is 10.3. The third-order valence-corrected chi connectivity index (χ3v) is 3.54. The minimum Gasteiger partial charge on any atom is -0.492 e. The van der Waals surface area contributed by atoms with Crippen molar-refractivity contribution in [2.24, 2.45) is 10.9 Å². The molecule has 21 heavy (non-hydrogen) atoms. The van der Waals surface area contributed by atoms with Gasteiger partial charge >= 0.3 is 0 Å². The van der Waals surface area contributed by atoms with E-state index in [-0.39, 0.29) is 24.0 Å². The van der Waals surface area contributed by atoms with E-state index in [1.165, 1.54) is 19.3 Å². The monoisotopic (exact) mass is 403 g/mol. The van der Waals surface area contributed by atoms with Gasteiger partial charge in [0.05, 0.1) is 6.54 Å². The molecular formula is C16H26IN3O. The van der Waals surface area contributed by atoms with Crippen LogP contribution in [-0.2, 0) is 0 Å². The van der Waals surface area contributed by atoms with E-state index in [4.69, 9.17) is 4.74 Å². The van der Waals surface area contributed by atoms with Crippen molar-refractivity contribution in [1.82, 2.24) is 10.2 Å². The van der Waals surface area contributed by atoms with Gasteiger partial charge in [-0.25, -0.2) is 0 Å². The second kappa shape index (κ2) is 9.87. The lowest BCUT2D eigenvalue weighted by Gasteiger charge is -2.22. The van der Waals surface area contributed by atoms with Crippen molar-refractivity contribution in [3.8, 4) is 5.75 Å². The van der Waals surface area contributed by atoms with Crippen molar-refractivity contribution >= 4 is 29.9 Å². The van der Waals surface area contributed by atoms with Crippen molar-refractivity contribution in [3.05, 3.63) is 30.3 Å². The lowest BCUT2D eigenvalue weighted by Crippen LogP contribution is -2.41. The molecule has 1 fully saturated rings. The van der Waals surface area contributed by atoms with Gasteiger partial charge in [0.1, 0.15) is 12.4 Å². The van der Waals surface area contributed by atoms with Gasteiger partial charge in [-0.15, -0.1) is 24.0 Å². The number of halogens is 1.